The first-order valence-electron chi connectivity index (χ1n) is 10.7. The predicted molar refractivity (Wildman–Crippen MR) is 132 cm³/mol. The van der Waals surface area contributed by atoms with E-state index in [-0.39, 0.29) is 17.9 Å². The van der Waals surface area contributed by atoms with Gasteiger partial charge in [-0.05, 0) is 56.0 Å². The zero-order valence-electron chi connectivity index (χ0n) is 18.4. The third-order valence-electron chi connectivity index (χ3n) is 6.20. The van der Waals surface area contributed by atoms with Crippen molar-refractivity contribution in [1.82, 2.24) is 14.9 Å². The van der Waals surface area contributed by atoms with Crippen LogP contribution in [0.4, 0.5) is 0 Å². The standard InChI is InChI=1S/C23H29ClN4O2S.ClH/c1-17-3-8-21(18(2)15-17)31(29,30)28-13-9-23(10-14-28)22(25-11-12-27-23)26-16-19-4-6-20(24)7-5-19;/h3-8,15,27H,9-14,16H2,1-2H3,(H,25,26);1H. The molecule has 0 aliphatic carbocycles. The van der Waals surface area contributed by atoms with Crippen molar-refractivity contribution in [2.75, 3.05) is 26.2 Å². The summed E-state index contributed by atoms with van der Waals surface area (Å²) in [5.74, 6) is 0.928. The predicted octanol–water partition coefficient (Wildman–Crippen LogP) is 3.69. The molecule has 1 saturated heterocycles. The Morgan fingerprint density at radius 3 is 2.47 bits per heavy atom. The number of hydrogen-bond acceptors (Lipinski definition) is 5. The van der Waals surface area contributed by atoms with E-state index in [1.54, 1.807) is 10.4 Å². The highest BCUT2D eigenvalue weighted by Gasteiger charge is 2.43. The average molecular weight is 497 g/mol. The second-order valence-corrected chi connectivity index (χ2v) is 10.7. The summed E-state index contributed by atoms with van der Waals surface area (Å²) in [4.78, 5) is 5.16. The van der Waals surface area contributed by atoms with E-state index in [2.05, 4.69) is 10.6 Å². The zero-order chi connectivity index (χ0) is 22.1. The number of piperidine rings is 1. The minimum Gasteiger partial charge on any atom is -0.368 e. The lowest BCUT2D eigenvalue weighted by Gasteiger charge is -2.44. The Hall–Kier alpha value is -1.64. The summed E-state index contributed by atoms with van der Waals surface area (Å²) in [6, 6.07) is 13.3. The number of rotatable bonds is 4. The number of aryl methyl sites for hydroxylation is 2. The molecule has 0 unspecified atom stereocenters. The van der Waals surface area contributed by atoms with Gasteiger partial charge in [0.1, 0.15) is 5.84 Å². The van der Waals surface area contributed by atoms with Crippen LogP contribution in [0.1, 0.15) is 29.5 Å². The van der Waals surface area contributed by atoms with Crippen LogP contribution in [-0.2, 0) is 16.6 Å². The van der Waals surface area contributed by atoms with E-state index >= 15 is 0 Å². The largest absolute Gasteiger partial charge is 0.368 e. The lowest BCUT2D eigenvalue weighted by atomic mass is 9.85. The number of halogens is 2. The van der Waals surface area contributed by atoms with E-state index in [0.717, 1.165) is 35.6 Å². The van der Waals surface area contributed by atoms with Gasteiger partial charge in [-0.3, -0.25) is 4.99 Å². The Morgan fingerprint density at radius 2 is 1.81 bits per heavy atom. The zero-order valence-corrected chi connectivity index (χ0v) is 20.8. The number of nitrogens with zero attached hydrogens (tertiary/aromatic N) is 2. The molecule has 32 heavy (non-hydrogen) atoms. The normalized spacial score (nSPS) is 18.7. The van der Waals surface area contributed by atoms with Crippen molar-refractivity contribution in [1.29, 1.82) is 0 Å². The molecule has 0 atom stereocenters. The smallest absolute Gasteiger partial charge is 0.243 e. The quantitative estimate of drug-likeness (QED) is 0.676. The minimum absolute atomic E-state index is 0. The molecule has 0 amide bonds. The van der Waals surface area contributed by atoms with Gasteiger partial charge < -0.3 is 10.6 Å². The number of aliphatic imine (C=N–C) groups is 1. The fourth-order valence-electron chi connectivity index (χ4n) is 4.46. The number of hydrogen-bond donors (Lipinski definition) is 2. The Labute approximate surface area is 201 Å². The number of amidine groups is 1. The summed E-state index contributed by atoms with van der Waals surface area (Å²) in [6.07, 6.45) is 1.37. The highest BCUT2D eigenvalue weighted by molar-refractivity contribution is 7.89. The first-order valence-corrected chi connectivity index (χ1v) is 12.5. The molecule has 1 fully saturated rings. The average Bonchev–Trinajstić information content (AvgIpc) is 2.74. The Kier molecular flexibility index (Phi) is 7.89. The first kappa shape index (κ1) is 25.0. The maximum Gasteiger partial charge on any atom is 0.243 e. The second kappa shape index (κ2) is 10.1. The van der Waals surface area contributed by atoms with Crippen LogP contribution in [0.3, 0.4) is 0 Å². The van der Waals surface area contributed by atoms with Gasteiger partial charge in [-0.25, -0.2) is 8.42 Å². The number of benzene rings is 2. The van der Waals surface area contributed by atoms with Crippen LogP contribution in [0.2, 0.25) is 5.02 Å². The van der Waals surface area contributed by atoms with E-state index in [1.807, 2.05) is 50.2 Å². The van der Waals surface area contributed by atoms with E-state index in [4.69, 9.17) is 16.6 Å². The Balaban J connectivity index is 0.00000289. The second-order valence-electron chi connectivity index (χ2n) is 8.39. The fraction of sp³-hybridized carbons (Fsp3) is 0.435. The maximum atomic E-state index is 13.3. The molecule has 6 nitrogen and oxygen atoms in total. The summed E-state index contributed by atoms with van der Waals surface area (Å²) in [6.45, 7) is 6.93. The molecule has 0 saturated carbocycles. The molecular weight excluding hydrogens is 467 g/mol. The SMILES string of the molecule is Cc1ccc(S(=O)(=O)N2CCC3(CC2)NCCN=C3NCc2ccc(Cl)cc2)c(C)c1.Cl. The van der Waals surface area contributed by atoms with Gasteiger partial charge in [0.15, 0.2) is 0 Å². The van der Waals surface area contributed by atoms with E-state index < -0.39 is 10.0 Å². The van der Waals surface area contributed by atoms with Crippen molar-refractivity contribution in [3.8, 4) is 0 Å². The molecule has 0 aromatic heterocycles. The van der Waals surface area contributed by atoms with Gasteiger partial charge in [0.2, 0.25) is 10.0 Å². The van der Waals surface area contributed by atoms with Crippen molar-refractivity contribution < 1.29 is 8.42 Å². The van der Waals surface area contributed by atoms with Crippen molar-refractivity contribution in [2.24, 2.45) is 4.99 Å². The Bertz CT molecular complexity index is 1080. The maximum absolute atomic E-state index is 13.3. The highest BCUT2D eigenvalue weighted by Crippen LogP contribution is 2.30. The first-order chi connectivity index (χ1) is 14.8. The summed E-state index contributed by atoms with van der Waals surface area (Å²) in [5, 5.41) is 7.84. The van der Waals surface area contributed by atoms with Crippen LogP contribution in [0.5, 0.6) is 0 Å². The molecule has 2 aromatic carbocycles. The lowest BCUT2D eigenvalue weighted by Crippen LogP contribution is -2.64. The van der Waals surface area contributed by atoms with Gasteiger partial charge in [-0.2, -0.15) is 4.31 Å². The summed E-state index contributed by atoms with van der Waals surface area (Å²) >= 11 is 5.98. The van der Waals surface area contributed by atoms with E-state index in [1.165, 1.54) is 0 Å². The summed E-state index contributed by atoms with van der Waals surface area (Å²) in [5.41, 5.74) is 2.68. The molecule has 4 rings (SSSR count). The van der Waals surface area contributed by atoms with Crippen LogP contribution in [-0.4, -0.2) is 50.3 Å². The number of sulfonamides is 1. The molecule has 2 N–H and O–H groups in total. The van der Waals surface area contributed by atoms with Crippen LogP contribution in [0, 0.1) is 13.8 Å². The van der Waals surface area contributed by atoms with Gasteiger partial charge in [-0.15, -0.1) is 12.4 Å². The molecular formula is C23H30Cl2N4O2S. The summed E-state index contributed by atoms with van der Waals surface area (Å²) < 4.78 is 28.1. The van der Waals surface area contributed by atoms with Crippen molar-refractivity contribution in [3.63, 3.8) is 0 Å². The third-order valence-corrected chi connectivity index (χ3v) is 8.51. The molecule has 2 heterocycles. The van der Waals surface area contributed by atoms with E-state index in [0.29, 0.717) is 42.4 Å². The number of nitrogens with one attached hydrogen (secondary N) is 2. The highest BCUT2D eigenvalue weighted by atomic mass is 35.5. The molecule has 2 aliphatic heterocycles. The molecule has 174 valence electrons. The van der Waals surface area contributed by atoms with Crippen LogP contribution in [0.15, 0.2) is 52.4 Å². The topological polar surface area (TPSA) is 73.8 Å². The van der Waals surface area contributed by atoms with E-state index in [9.17, 15) is 8.42 Å². The molecule has 9 heteroatoms. The van der Waals surface area contributed by atoms with Crippen molar-refractivity contribution in [3.05, 3.63) is 64.2 Å². The van der Waals surface area contributed by atoms with Gasteiger partial charge in [0.25, 0.3) is 0 Å². The molecule has 1 spiro atoms. The lowest BCUT2D eigenvalue weighted by molar-refractivity contribution is 0.241. The fourth-order valence-corrected chi connectivity index (χ4v) is 6.23. The van der Waals surface area contributed by atoms with Crippen LogP contribution < -0.4 is 10.6 Å². The molecule has 2 aromatic rings. The Morgan fingerprint density at radius 1 is 1.12 bits per heavy atom. The van der Waals surface area contributed by atoms with Gasteiger partial charge in [0.05, 0.1) is 17.0 Å². The van der Waals surface area contributed by atoms with Gasteiger partial charge in [0, 0.05) is 31.2 Å². The molecule has 0 radical (unpaired) electrons. The minimum atomic E-state index is -3.51. The van der Waals surface area contributed by atoms with Crippen LogP contribution in [0.25, 0.3) is 0 Å². The van der Waals surface area contributed by atoms with Gasteiger partial charge in [-0.1, -0.05) is 41.4 Å². The van der Waals surface area contributed by atoms with Crippen LogP contribution >= 0.6 is 24.0 Å². The molecule has 0 bridgehead atoms. The van der Waals surface area contributed by atoms with Gasteiger partial charge >= 0.3 is 0 Å². The van der Waals surface area contributed by atoms with Crippen molar-refractivity contribution in [2.45, 2.75) is 43.7 Å². The molecule has 2 aliphatic rings. The summed E-state index contributed by atoms with van der Waals surface area (Å²) in [7, 11) is -3.51. The van der Waals surface area contributed by atoms with Crippen molar-refractivity contribution >= 4 is 39.9 Å². The third kappa shape index (κ3) is 5.13. The monoisotopic (exact) mass is 496 g/mol.